The van der Waals surface area contributed by atoms with Crippen molar-refractivity contribution < 1.29 is 23.1 Å². The van der Waals surface area contributed by atoms with Gasteiger partial charge in [0.1, 0.15) is 5.54 Å². The van der Waals surface area contributed by atoms with Gasteiger partial charge in [0.2, 0.25) is 10.0 Å². The molecule has 1 amide bonds. The van der Waals surface area contributed by atoms with E-state index in [2.05, 4.69) is 10.0 Å². The average molecular weight is 332 g/mol. The van der Waals surface area contributed by atoms with Crippen LogP contribution in [0.3, 0.4) is 0 Å². The minimum Gasteiger partial charge on any atom is -0.480 e. The average Bonchev–Trinajstić information content (AvgIpc) is 3.08. The van der Waals surface area contributed by atoms with E-state index in [1.165, 1.54) is 18.5 Å². The molecule has 1 aliphatic carbocycles. The molecule has 1 aromatic heterocycles. The van der Waals surface area contributed by atoms with E-state index < -0.39 is 27.4 Å². The van der Waals surface area contributed by atoms with Gasteiger partial charge in [-0.05, 0) is 26.0 Å². The molecule has 2 rings (SSSR count). The number of sulfonamides is 1. The van der Waals surface area contributed by atoms with Crippen molar-refractivity contribution in [3.8, 4) is 0 Å². The molecule has 0 aliphatic heterocycles. The monoisotopic (exact) mass is 332 g/mol. The maximum atomic E-state index is 12.2. The lowest BCUT2D eigenvalue weighted by Crippen LogP contribution is -2.52. The van der Waals surface area contributed by atoms with Crippen molar-refractivity contribution >= 4 is 33.2 Å². The number of carboxylic acids is 1. The number of hydrogen-bond acceptors (Lipinski definition) is 5. The summed E-state index contributed by atoms with van der Waals surface area (Å²) in [5.74, 6) is -1.60. The van der Waals surface area contributed by atoms with Gasteiger partial charge >= 0.3 is 5.97 Å². The van der Waals surface area contributed by atoms with Crippen LogP contribution in [0, 0.1) is 0 Å². The van der Waals surface area contributed by atoms with Crippen LogP contribution in [0.2, 0.25) is 0 Å². The zero-order valence-corrected chi connectivity index (χ0v) is 13.0. The number of carboxylic acid groups (broad SMARTS) is 1. The maximum Gasteiger partial charge on any atom is 0.329 e. The summed E-state index contributed by atoms with van der Waals surface area (Å²) in [6, 6.07) is 1.25. The first kappa shape index (κ1) is 15.9. The predicted octanol–water partition coefficient (Wildman–Crippen LogP) is 0.783. The van der Waals surface area contributed by atoms with Crippen LogP contribution < -0.4 is 10.0 Å². The lowest BCUT2D eigenvalue weighted by Gasteiger charge is -2.24. The second-order valence-electron chi connectivity index (χ2n) is 4.90. The summed E-state index contributed by atoms with van der Waals surface area (Å²) in [5, 5.41) is 13.2. The maximum absolute atomic E-state index is 12.2. The summed E-state index contributed by atoms with van der Waals surface area (Å²) >= 11 is 0.970. The van der Waals surface area contributed by atoms with Gasteiger partial charge in [-0.2, -0.15) is 0 Å². The molecule has 1 saturated carbocycles. The molecule has 0 bridgehead atoms. The first-order valence-corrected chi connectivity index (χ1v) is 8.75. The number of hydrogen-bond donors (Lipinski definition) is 3. The van der Waals surface area contributed by atoms with E-state index in [4.69, 9.17) is 0 Å². The number of thiophene rings is 1. The summed E-state index contributed by atoms with van der Waals surface area (Å²) in [6.07, 6.45) is 2.27. The normalized spacial score (nSPS) is 17.6. The Bertz CT molecular complexity index is 659. The summed E-state index contributed by atoms with van der Waals surface area (Å²) in [5.41, 5.74) is -1.23. The molecule has 3 N–H and O–H groups in total. The van der Waals surface area contributed by atoms with Crippen LogP contribution in [0.15, 0.2) is 16.3 Å². The highest BCUT2D eigenvalue weighted by Crippen LogP contribution is 2.31. The van der Waals surface area contributed by atoms with Gasteiger partial charge in [0, 0.05) is 5.38 Å². The van der Waals surface area contributed by atoms with Crippen molar-refractivity contribution in [1.82, 2.24) is 10.0 Å². The van der Waals surface area contributed by atoms with Crippen LogP contribution in [0.4, 0.5) is 0 Å². The van der Waals surface area contributed by atoms with Crippen molar-refractivity contribution in [3.63, 3.8) is 0 Å². The van der Waals surface area contributed by atoms with Crippen LogP contribution in [0.25, 0.3) is 0 Å². The van der Waals surface area contributed by atoms with Gasteiger partial charge in [-0.1, -0.05) is 12.8 Å². The molecule has 0 radical (unpaired) electrons. The Morgan fingerprint density at radius 2 is 1.95 bits per heavy atom. The van der Waals surface area contributed by atoms with Gasteiger partial charge in [-0.15, -0.1) is 11.3 Å². The molecule has 1 fully saturated rings. The standard InChI is InChI=1S/C12H16N2O5S2/c1-13-21(18,19)8-6-9(20-7-8)10(15)14-12(11(16)17)4-2-3-5-12/h6-7,13H,2-5H2,1H3,(H,14,15)(H,16,17). The Kier molecular flexibility index (Phi) is 4.35. The number of carbonyl (C=O) groups excluding carboxylic acids is 1. The van der Waals surface area contributed by atoms with E-state index in [-0.39, 0.29) is 9.77 Å². The van der Waals surface area contributed by atoms with Gasteiger partial charge in [-0.25, -0.2) is 17.9 Å². The molecule has 0 unspecified atom stereocenters. The molecular formula is C12H16N2O5S2. The number of carbonyl (C=O) groups is 2. The van der Waals surface area contributed by atoms with Gasteiger partial charge in [0.25, 0.3) is 5.91 Å². The largest absolute Gasteiger partial charge is 0.480 e. The topological polar surface area (TPSA) is 113 Å². The quantitative estimate of drug-likeness (QED) is 0.738. The second-order valence-corrected chi connectivity index (χ2v) is 7.70. The summed E-state index contributed by atoms with van der Waals surface area (Å²) in [6.45, 7) is 0. The second kappa shape index (κ2) is 5.74. The molecule has 0 saturated heterocycles. The molecule has 0 aromatic carbocycles. The molecule has 1 aromatic rings. The summed E-state index contributed by atoms with van der Waals surface area (Å²) in [7, 11) is -2.32. The molecule has 0 spiro atoms. The minimum absolute atomic E-state index is 0.00375. The number of nitrogens with one attached hydrogen (secondary N) is 2. The molecular weight excluding hydrogens is 316 g/mol. The van der Waals surface area contributed by atoms with Gasteiger partial charge < -0.3 is 10.4 Å². The molecule has 1 aliphatic rings. The third-order valence-electron chi connectivity index (χ3n) is 3.60. The zero-order chi connectivity index (χ0) is 15.7. The van der Waals surface area contributed by atoms with Gasteiger partial charge in [0.15, 0.2) is 0 Å². The van der Waals surface area contributed by atoms with Crippen molar-refractivity contribution in [2.75, 3.05) is 7.05 Å². The fourth-order valence-corrected chi connectivity index (χ4v) is 4.25. The Labute approximate surface area is 126 Å². The summed E-state index contributed by atoms with van der Waals surface area (Å²) in [4.78, 5) is 23.7. The van der Waals surface area contributed by atoms with E-state index in [0.29, 0.717) is 12.8 Å². The predicted molar refractivity (Wildman–Crippen MR) is 76.9 cm³/mol. The summed E-state index contributed by atoms with van der Waals surface area (Å²) < 4.78 is 25.4. The fourth-order valence-electron chi connectivity index (χ4n) is 2.35. The van der Waals surface area contributed by atoms with Gasteiger partial charge in [0.05, 0.1) is 9.77 Å². The first-order chi connectivity index (χ1) is 9.81. The van der Waals surface area contributed by atoms with Crippen LogP contribution in [-0.4, -0.2) is 38.0 Å². The Morgan fingerprint density at radius 3 is 2.48 bits per heavy atom. The van der Waals surface area contributed by atoms with E-state index in [1.807, 2.05) is 0 Å². The van der Waals surface area contributed by atoms with E-state index in [1.54, 1.807) is 0 Å². The zero-order valence-electron chi connectivity index (χ0n) is 11.4. The molecule has 1 heterocycles. The first-order valence-electron chi connectivity index (χ1n) is 6.39. The van der Waals surface area contributed by atoms with Crippen molar-refractivity contribution in [1.29, 1.82) is 0 Å². The van der Waals surface area contributed by atoms with Crippen LogP contribution in [-0.2, 0) is 14.8 Å². The Balaban J connectivity index is 2.20. The highest BCUT2D eigenvalue weighted by atomic mass is 32.2. The number of amides is 1. The third kappa shape index (κ3) is 3.09. The van der Waals surface area contributed by atoms with Crippen LogP contribution >= 0.6 is 11.3 Å². The molecule has 7 nitrogen and oxygen atoms in total. The highest BCUT2D eigenvalue weighted by Gasteiger charge is 2.42. The van der Waals surface area contributed by atoms with Crippen LogP contribution in [0.5, 0.6) is 0 Å². The Hall–Kier alpha value is -1.45. The van der Waals surface area contributed by atoms with Crippen molar-refractivity contribution in [2.45, 2.75) is 36.1 Å². The third-order valence-corrected chi connectivity index (χ3v) is 6.07. The van der Waals surface area contributed by atoms with E-state index in [0.717, 1.165) is 24.2 Å². The lowest BCUT2D eigenvalue weighted by atomic mass is 9.98. The molecule has 116 valence electrons. The number of rotatable bonds is 5. The van der Waals surface area contributed by atoms with Crippen molar-refractivity contribution in [3.05, 3.63) is 16.3 Å². The fraction of sp³-hybridized carbons (Fsp3) is 0.500. The SMILES string of the molecule is CNS(=O)(=O)c1csc(C(=O)NC2(C(=O)O)CCCC2)c1. The Morgan fingerprint density at radius 1 is 1.33 bits per heavy atom. The molecule has 21 heavy (non-hydrogen) atoms. The number of aliphatic carboxylic acids is 1. The van der Waals surface area contributed by atoms with Crippen LogP contribution in [0.1, 0.15) is 35.4 Å². The minimum atomic E-state index is -3.61. The van der Waals surface area contributed by atoms with E-state index in [9.17, 15) is 23.1 Å². The van der Waals surface area contributed by atoms with E-state index >= 15 is 0 Å². The van der Waals surface area contributed by atoms with Gasteiger partial charge in [-0.3, -0.25) is 4.79 Å². The van der Waals surface area contributed by atoms with Crippen molar-refractivity contribution in [2.24, 2.45) is 0 Å². The lowest BCUT2D eigenvalue weighted by molar-refractivity contribution is -0.144. The smallest absolute Gasteiger partial charge is 0.329 e. The molecule has 0 atom stereocenters. The molecule has 9 heteroatoms. The highest BCUT2D eigenvalue weighted by molar-refractivity contribution is 7.89.